The van der Waals surface area contributed by atoms with E-state index in [1.165, 1.54) is 6.92 Å². The molecule has 3 aromatic heterocycles. The molecule has 1 aromatic carbocycles. The third-order valence-electron chi connectivity index (χ3n) is 7.01. The average molecular weight is 492 g/mol. The zero-order chi connectivity index (χ0) is 24.6. The molecule has 36 heavy (non-hydrogen) atoms. The molecule has 0 aliphatic carbocycles. The number of aryl methyl sites for hydroxylation is 1. The van der Waals surface area contributed by atoms with Crippen LogP contribution in [0.4, 0.5) is 4.39 Å². The summed E-state index contributed by atoms with van der Waals surface area (Å²) < 4.78 is 24.5. The highest BCUT2D eigenvalue weighted by Gasteiger charge is 2.25. The van der Waals surface area contributed by atoms with Crippen LogP contribution in [0, 0.1) is 0 Å². The maximum absolute atomic E-state index is 13.5. The Balaban J connectivity index is 1.37. The highest BCUT2D eigenvalue weighted by Crippen LogP contribution is 2.35. The quantitative estimate of drug-likeness (QED) is 0.395. The fourth-order valence-electron chi connectivity index (χ4n) is 5.18. The molecule has 5 heterocycles. The maximum Gasteiger partial charge on any atom is 0.261 e. The van der Waals surface area contributed by atoms with Crippen molar-refractivity contribution in [2.75, 3.05) is 32.8 Å². The Morgan fingerprint density at radius 1 is 1.14 bits per heavy atom. The first-order chi connectivity index (χ1) is 17.6. The van der Waals surface area contributed by atoms with Gasteiger partial charge in [-0.3, -0.25) is 18.9 Å². The standard InChI is InChI=1S/C26H30FN7O2/c1-18(27)16-33-8-6-22(30-33)24-25(34-7-2-3-23(34)29-24)19-4-5-21-20(15-19)26(35)32(17-28-21)10-9-31-11-13-36-14-12-31/h4-6,8,15,17-18H,2-3,7,9-14,16H2,1H3. The van der Waals surface area contributed by atoms with Crippen LogP contribution in [0.1, 0.15) is 19.2 Å². The zero-order valence-corrected chi connectivity index (χ0v) is 20.4. The Morgan fingerprint density at radius 2 is 2.00 bits per heavy atom. The van der Waals surface area contributed by atoms with E-state index in [2.05, 4.69) is 19.5 Å². The van der Waals surface area contributed by atoms with E-state index in [1.807, 2.05) is 24.3 Å². The fraction of sp³-hybridized carbons (Fsp3) is 0.462. The van der Waals surface area contributed by atoms with E-state index in [-0.39, 0.29) is 12.1 Å². The highest BCUT2D eigenvalue weighted by atomic mass is 19.1. The third kappa shape index (κ3) is 4.35. The molecule has 0 spiro atoms. The molecular formula is C26H30FN7O2. The summed E-state index contributed by atoms with van der Waals surface area (Å²) in [6.45, 7) is 7.21. The van der Waals surface area contributed by atoms with Crippen LogP contribution in [0.3, 0.4) is 0 Å². The van der Waals surface area contributed by atoms with Gasteiger partial charge >= 0.3 is 0 Å². The van der Waals surface area contributed by atoms with Crippen molar-refractivity contribution in [2.24, 2.45) is 0 Å². The topological polar surface area (TPSA) is 83.0 Å². The van der Waals surface area contributed by atoms with Gasteiger partial charge in [0.15, 0.2) is 0 Å². The lowest BCUT2D eigenvalue weighted by atomic mass is 10.1. The monoisotopic (exact) mass is 491 g/mol. The molecule has 0 radical (unpaired) electrons. The Bertz CT molecular complexity index is 1450. The number of ether oxygens (including phenoxy) is 1. The van der Waals surface area contributed by atoms with Gasteiger partial charge in [-0.05, 0) is 31.5 Å². The first-order valence-corrected chi connectivity index (χ1v) is 12.6. The first kappa shape index (κ1) is 23.1. The molecule has 1 saturated heterocycles. The molecule has 1 fully saturated rings. The van der Waals surface area contributed by atoms with Crippen molar-refractivity contribution in [1.82, 2.24) is 33.8 Å². The molecule has 0 bridgehead atoms. The Morgan fingerprint density at radius 3 is 2.83 bits per heavy atom. The van der Waals surface area contributed by atoms with Crippen molar-refractivity contribution >= 4 is 10.9 Å². The van der Waals surface area contributed by atoms with Crippen LogP contribution < -0.4 is 5.56 Å². The van der Waals surface area contributed by atoms with Gasteiger partial charge in [0.25, 0.3) is 5.56 Å². The van der Waals surface area contributed by atoms with Gasteiger partial charge in [0, 0.05) is 50.9 Å². The Kier molecular flexibility index (Phi) is 6.14. The summed E-state index contributed by atoms with van der Waals surface area (Å²) in [5, 5.41) is 5.18. The maximum atomic E-state index is 13.5. The molecule has 188 valence electrons. The summed E-state index contributed by atoms with van der Waals surface area (Å²) in [6.07, 6.45) is 4.39. The van der Waals surface area contributed by atoms with E-state index in [0.717, 1.165) is 75.0 Å². The van der Waals surface area contributed by atoms with Crippen LogP contribution in [-0.2, 0) is 30.8 Å². The smallest absolute Gasteiger partial charge is 0.261 e. The van der Waals surface area contributed by atoms with Crippen LogP contribution in [0.15, 0.2) is 41.6 Å². The molecule has 0 saturated carbocycles. The van der Waals surface area contributed by atoms with Gasteiger partial charge in [0.05, 0.1) is 42.7 Å². The number of imidazole rings is 1. The number of benzene rings is 1. The summed E-state index contributed by atoms with van der Waals surface area (Å²) in [7, 11) is 0. The van der Waals surface area contributed by atoms with Crippen molar-refractivity contribution < 1.29 is 9.13 Å². The number of halogens is 1. The fourth-order valence-corrected chi connectivity index (χ4v) is 5.18. The molecule has 1 atom stereocenters. The largest absolute Gasteiger partial charge is 0.379 e. The molecule has 4 aromatic rings. The van der Waals surface area contributed by atoms with E-state index in [4.69, 9.17) is 9.72 Å². The number of hydrogen-bond acceptors (Lipinski definition) is 6. The SMILES string of the molecule is CC(F)Cn1ccc(-c2nc3n(c2-c2ccc4ncn(CCN5CCOCC5)c(=O)c4c2)CCC3)n1. The Hall–Kier alpha value is -3.37. The molecule has 2 aliphatic heterocycles. The number of aromatic nitrogens is 6. The third-order valence-corrected chi connectivity index (χ3v) is 7.01. The van der Waals surface area contributed by atoms with E-state index >= 15 is 0 Å². The van der Waals surface area contributed by atoms with Crippen molar-refractivity contribution in [2.45, 2.75) is 45.6 Å². The van der Waals surface area contributed by atoms with Gasteiger partial charge in [-0.2, -0.15) is 5.10 Å². The summed E-state index contributed by atoms with van der Waals surface area (Å²) in [5.41, 5.74) is 3.98. The van der Waals surface area contributed by atoms with Crippen LogP contribution in [-0.4, -0.2) is 72.8 Å². The zero-order valence-electron chi connectivity index (χ0n) is 20.4. The van der Waals surface area contributed by atoms with Gasteiger partial charge in [0.2, 0.25) is 0 Å². The van der Waals surface area contributed by atoms with Gasteiger partial charge in [0.1, 0.15) is 23.4 Å². The van der Waals surface area contributed by atoms with Gasteiger partial charge in [-0.1, -0.05) is 6.07 Å². The number of fused-ring (bicyclic) bond motifs is 2. The Labute approximate surface area is 208 Å². The lowest BCUT2D eigenvalue weighted by Crippen LogP contribution is -2.39. The molecule has 2 aliphatic rings. The lowest BCUT2D eigenvalue weighted by Gasteiger charge is -2.26. The van der Waals surface area contributed by atoms with E-state index in [1.54, 1.807) is 21.8 Å². The van der Waals surface area contributed by atoms with Crippen molar-refractivity contribution in [3.8, 4) is 22.6 Å². The number of nitrogens with zero attached hydrogens (tertiary/aromatic N) is 7. The molecule has 9 nitrogen and oxygen atoms in total. The summed E-state index contributed by atoms with van der Waals surface area (Å²) in [6, 6.07) is 7.72. The van der Waals surface area contributed by atoms with Crippen LogP contribution >= 0.6 is 0 Å². The number of rotatable bonds is 7. The summed E-state index contributed by atoms with van der Waals surface area (Å²) >= 11 is 0. The van der Waals surface area contributed by atoms with Crippen molar-refractivity contribution in [3.63, 3.8) is 0 Å². The second-order valence-electron chi connectivity index (χ2n) is 9.61. The summed E-state index contributed by atoms with van der Waals surface area (Å²) in [5.74, 6) is 1.02. The first-order valence-electron chi connectivity index (χ1n) is 12.6. The van der Waals surface area contributed by atoms with Crippen molar-refractivity contribution in [3.05, 3.63) is 53.0 Å². The molecule has 6 rings (SSSR count). The minimum atomic E-state index is -0.984. The molecule has 1 unspecified atom stereocenters. The van der Waals surface area contributed by atoms with E-state index in [9.17, 15) is 9.18 Å². The molecule has 10 heteroatoms. The predicted molar refractivity (Wildman–Crippen MR) is 135 cm³/mol. The van der Waals surface area contributed by atoms with Gasteiger partial charge in [-0.15, -0.1) is 0 Å². The number of hydrogen-bond donors (Lipinski definition) is 0. The molecular weight excluding hydrogens is 461 g/mol. The van der Waals surface area contributed by atoms with E-state index in [0.29, 0.717) is 23.1 Å². The van der Waals surface area contributed by atoms with Crippen LogP contribution in [0.5, 0.6) is 0 Å². The minimum Gasteiger partial charge on any atom is -0.379 e. The number of morpholine rings is 1. The molecule has 0 amide bonds. The van der Waals surface area contributed by atoms with E-state index < -0.39 is 6.17 Å². The molecule has 0 N–H and O–H groups in total. The normalized spacial score (nSPS) is 17.1. The number of alkyl halides is 1. The predicted octanol–water partition coefficient (Wildman–Crippen LogP) is 2.76. The van der Waals surface area contributed by atoms with Crippen LogP contribution in [0.25, 0.3) is 33.5 Å². The van der Waals surface area contributed by atoms with Crippen LogP contribution in [0.2, 0.25) is 0 Å². The highest BCUT2D eigenvalue weighted by molar-refractivity contribution is 5.86. The minimum absolute atomic E-state index is 0.0426. The average Bonchev–Trinajstić information content (AvgIpc) is 3.60. The van der Waals surface area contributed by atoms with Gasteiger partial charge < -0.3 is 9.30 Å². The van der Waals surface area contributed by atoms with Gasteiger partial charge in [-0.25, -0.2) is 14.4 Å². The summed E-state index contributed by atoms with van der Waals surface area (Å²) in [4.78, 5) is 25.2. The second kappa shape index (κ2) is 9.59. The van der Waals surface area contributed by atoms with Crippen molar-refractivity contribution in [1.29, 1.82) is 0 Å². The second-order valence-corrected chi connectivity index (χ2v) is 9.61. The lowest BCUT2D eigenvalue weighted by molar-refractivity contribution is 0.0362.